The maximum absolute atomic E-state index is 12.4. The van der Waals surface area contributed by atoms with Gasteiger partial charge in [-0.3, -0.25) is 14.0 Å². The summed E-state index contributed by atoms with van der Waals surface area (Å²) in [5.74, 6) is -0.754. The van der Waals surface area contributed by atoms with Crippen LogP contribution in [0.3, 0.4) is 0 Å². The molecule has 2 N–H and O–H groups in total. The third kappa shape index (κ3) is 4.71. The van der Waals surface area contributed by atoms with E-state index in [-0.39, 0.29) is 16.2 Å². The van der Waals surface area contributed by atoms with E-state index >= 15 is 0 Å². The first-order valence-electron chi connectivity index (χ1n) is 9.25. The van der Waals surface area contributed by atoms with E-state index in [4.69, 9.17) is 0 Å². The van der Waals surface area contributed by atoms with Crippen LogP contribution in [0, 0.1) is 0 Å². The molecule has 0 fully saturated rings. The second kappa shape index (κ2) is 8.42. The summed E-state index contributed by atoms with van der Waals surface area (Å²) < 4.78 is 29.0. The van der Waals surface area contributed by atoms with Crippen LogP contribution in [0.2, 0.25) is 0 Å². The zero-order valence-electron chi connectivity index (χ0n) is 16.4. The number of nitrogens with zero attached hydrogens (tertiary/aromatic N) is 2. The minimum atomic E-state index is -3.93. The summed E-state index contributed by atoms with van der Waals surface area (Å²) in [6.45, 7) is 0.916. The molecule has 2 aromatic heterocycles. The van der Waals surface area contributed by atoms with Crippen molar-refractivity contribution in [3.63, 3.8) is 0 Å². The van der Waals surface area contributed by atoms with Gasteiger partial charge in [-0.2, -0.15) is 0 Å². The van der Waals surface area contributed by atoms with Gasteiger partial charge in [0, 0.05) is 34.6 Å². The van der Waals surface area contributed by atoms with Gasteiger partial charge in [-0.15, -0.1) is 11.3 Å². The number of benzene rings is 2. The van der Waals surface area contributed by atoms with Crippen molar-refractivity contribution in [2.45, 2.75) is 11.8 Å². The number of fused-ring (bicyclic) bond motifs is 1. The molecule has 10 heteroatoms. The third-order valence-corrected chi connectivity index (χ3v) is 6.70. The fourth-order valence-electron chi connectivity index (χ4n) is 2.92. The van der Waals surface area contributed by atoms with Crippen LogP contribution in [-0.4, -0.2) is 36.0 Å². The SMILES string of the molecule is CC(=O)c1cccc(S(=O)(=O)NCC(=O)Nc2ccc(-c3cn4ccsc4n3)cc2)c1. The summed E-state index contributed by atoms with van der Waals surface area (Å²) in [7, 11) is -3.93. The molecule has 0 atom stereocenters. The number of carbonyl (C=O) groups excluding carboxylic acids is 2. The van der Waals surface area contributed by atoms with Gasteiger partial charge in [-0.05, 0) is 31.2 Å². The molecule has 0 aliphatic heterocycles. The summed E-state index contributed by atoms with van der Waals surface area (Å²) in [4.78, 5) is 29.0. The number of carbonyl (C=O) groups is 2. The molecule has 4 aromatic rings. The van der Waals surface area contributed by atoms with Gasteiger partial charge >= 0.3 is 0 Å². The topological polar surface area (TPSA) is 110 Å². The number of sulfonamides is 1. The monoisotopic (exact) mass is 454 g/mol. The van der Waals surface area contributed by atoms with E-state index in [0.717, 1.165) is 16.2 Å². The highest BCUT2D eigenvalue weighted by Crippen LogP contribution is 2.23. The lowest BCUT2D eigenvalue weighted by Crippen LogP contribution is -2.33. The van der Waals surface area contributed by atoms with Gasteiger partial charge in [0.15, 0.2) is 10.7 Å². The Balaban J connectivity index is 1.37. The number of thiazole rings is 1. The number of hydrogen-bond acceptors (Lipinski definition) is 6. The molecule has 0 spiro atoms. The van der Waals surface area contributed by atoms with Crippen molar-refractivity contribution < 1.29 is 18.0 Å². The van der Waals surface area contributed by atoms with Crippen LogP contribution in [0.4, 0.5) is 5.69 Å². The summed E-state index contributed by atoms with van der Waals surface area (Å²) in [6.07, 6.45) is 3.86. The van der Waals surface area contributed by atoms with Crippen LogP contribution in [0.15, 0.2) is 71.2 Å². The van der Waals surface area contributed by atoms with E-state index in [2.05, 4.69) is 15.0 Å². The molecule has 2 aromatic carbocycles. The number of ketones is 1. The smallest absolute Gasteiger partial charge is 0.241 e. The molecular formula is C21H18N4O4S2. The number of anilines is 1. The summed E-state index contributed by atoms with van der Waals surface area (Å²) in [6, 6.07) is 12.8. The molecule has 31 heavy (non-hydrogen) atoms. The molecule has 2 heterocycles. The molecule has 0 aliphatic carbocycles. The van der Waals surface area contributed by atoms with Crippen LogP contribution in [0.5, 0.6) is 0 Å². The van der Waals surface area contributed by atoms with E-state index in [9.17, 15) is 18.0 Å². The number of nitrogens with one attached hydrogen (secondary N) is 2. The second-order valence-electron chi connectivity index (χ2n) is 6.75. The average Bonchev–Trinajstić information content (AvgIpc) is 3.35. The summed E-state index contributed by atoms with van der Waals surface area (Å²) >= 11 is 1.54. The van der Waals surface area contributed by atoms with Crippen molar-refractivity contribution in [3.8, 4) is 11.3 Å². The van der Waals surface area contributed by atoms with Crippen LogP contribution in [0.1, 0.15) is 17.3 Å². The van der Waals surface area contributed by atoms with Gasteiger partial charge in [0.05, 0.1) is 17.1 Å². The number of imidazole rings is 1. The molecule has 0 saturated heterocycles. The maximum Gasteiger partial charge on any atom is 0.241 e. The predicted octanol–water partition coefficient (Wildman–Crippen LogP) is 3.18. The number of hydrogen-bond donors (Lipinski definition) is 2. The summed E-state index contributed by atoms with van der Waals surface area (Å²) in [5.41, 5.74) is 2.54. The quantitative estimate of drug-likeness (QED) is 0.417. The molecule has 0 aliphatic rings. The summed E-state index contributed by atoms with van der Waals surface area (Å²) in [5, 5.41) is 4.61. The normalized spacial score (nSPS) is 11.5. The van der Waals surface area contributed by atoms with Gasteiger partial charge in [0.2, 0.25) is 15.9 Å². The van der Waals surface area contributed by atoms with Crippen LogP contribution in [-0.2, 0) is 14.8 Å². The molecule has 0 radical (unpaired) electrons. The first-order valence-corrected chi connectivity index (χ1v) is 11.6. The van der Waals surface area contributed by atoms with Crippen molar-refractivity contribution in [2.24, 2.45) is 0 Å². The molecule has 158 valence electrons. The predicted molar refractivity (Wildman–Crippen MR) is 119 cm³/mol. The molecule has 0 unspecified atom stereocenters. The molecular weight excluding hydrogens is 436 g/mol. The Kier molecular flexibility index (Phi) is 5.68. The lowest BCUT2D eigenvalue weighted by Gasteiger charge is -2.09. The van der Waals surface area contributed by atoms with Gasteiger partial charge in [-0.25, -0.2) is 18.1 Å². The minimum absolute atomic E-state index is 0.0719. The van der Waals surface area contributed by atoms with Crippen LogP contribution < -0.4 is 10.0 Å². The van der Waals surface area contributed by atoms with E-state index in [1.54, 1.807) is 23.5 Å². The minimum Gasteiger partial charge on any atom is -0.325 e. The van der Waals surface area contributed by atoms with Crippen molar-refractivity contribution in [1.29, 1.82) is 0 Å². The third-order valence-electron chi connectivity index (χ3n) is 4.53. The first-order chi connectivity index (χ1) is 14.8. The van der Waals surface area contributed by atoms with E-state index < -0.39 is 22.5 Å². The average molecular weight is 455 g/mol. The zero-order valence-corrected chi connectivity index (χ0v) is 18.0. The van der Waals surface area contributed by atoms with Crippen molar-refractivity contribution in [2.75, 3.05) is 11.9 Å². The second-order valence-corrected chi connectivity index (χ2v) is 9.39. The molecule has 1 amide bonds. The van der Waals surface area contributed by atoms with Crippen LogP contribution >= 0.6 is 11.3 Å². The lowest BCUT2D eigenvalue weighted by atomic mass is 10.1. The van der Waals surface area contributed by atoms with Gasteiger partial charge < -0.3 is 5.32 Å². The Morgan fingerprint density at radius 2 is 1.90 bits per heavy atom. The standard InChI is InChI=1S/C21H18N4O4S2/c1-14(26)16-3-2-4-18(11-16)31(28,29)22-12-20(27)23-17-7-5-15(6-8-17)19-13-25-9-10-30-21(25)24-19/h2-11,13,22H,12H2,1H3,(H,23,27). The zero-order chi connectivity index (χ0) is 22.0. The maximum atomic E-state index is 12.4. The van der Waals surface area contributed by atoms with Crippen LogP contribution in [0.25, 0.3) is 16.2 Å². The first kappa shape index (κ1) is 20.9. The molecule has 0 bridgehead atoms. The highest BCUT2D eigenvalue weighted by molar-refractivity contribution is 7.89. The Labute approximate surface area is 182 Å². The van der Waals surface area contributed by atoms with Crippen molar-refractivity contribution in [3.05, 3.63) is 71.9 Å². The van der Waals surface area contributed by atoms with Crippen molar-refractivity contribution >= 4 is 43.7 Å². The Morgan fingerprint density at radius 3 is 2.61 bits per heavy atom. The molecule has 8 nitrogen and oxygen atoms in total. The number of Topliss-reactive ketones (excluding diaryl/α,β-unsaturated/α-hetero) is 1. The Morgan fingerprint density at radius 1 is 1.13 bits per heavy atom. The number of amides is 1. The highest BCUT2D eigenvalue weighted by atomic mass is 32.2. The fourth-order valence-corrected chi connectivity index (χ4v) is 4.65. The fraction of sp³-hybridized carbons (Fsp3) is 0.0952. The van der Waals surface area contributed by atoms with Gasteiger partial charge in [0.25, 0.3) is 0 Å². The van der Waals surface area contributed by atoms with Gasteiger partial charge in [0.1, 0.15) is 0 Å². The highest BCUT2D eigenvalue weighted by Gasteiger charge is 2.17. The number of rotatable bonds is 7. The molecule has 4 rings (SSSR count). The van der Waals surface area contributed by atoms with Gasteiger partial charge in [-0.1, -0.05) is 24.3 Å². The van der Waals surface area contributed by atoms with Crippen molar-refractivity contribution in [1.82, 2.24) is 14.1 Å². The largest absolute Gasteiger partial charge is 0.325 e. The Hall–Kier alpha value is -3.34. The van der Waals surface area contributed by atoms with E-state index in [1.807, 2.05) is 34.3 Å². The van der Waals surface area contributed by atoms with E-state index in [0.29, 0.717) is 5.69 Å². The van der Waals surface area contributed by atoms with E-state index in [1.165, 1.54) is 31.2 Å². The molecule has 0 saturated carbocycles. The Bertz CT molecular complexity index is 1340. The lowest BCUT2D eigenvalue weighted by molar-refractivity contribution is -0.115. The number of aromatic nitrogens is 2.